The minimum absolute atomic E-state index is 0. The number of hydrogen-bond donors (Lipinski definition) is 1. The normalized spacial score (nSPS) is 20.0. The van der Waals surface area contributed by atoms with E-state index in [0.717, 1.165) is 31.7 Å². The van der Waals surface area contributed by atoms with Gasteiger partial charge in [-0.25, -0.2) is 4.39 Å². The number of nitrogens with zero attached hydrogens (tertiary/aromatic N) is 2. The van der Waals surface area contributed by atoms with Crippen LogP contribution in [0.4, 0.5) is 4.39 Å². The molecule has 1 aromatic rings. The molecule has 1 saturated heterocycles. The molecule has 2 fully saturated rings. The largest absolute Gasteiger partial charge is 0.314 e. The van der Waals surface area contributed by atoms with E-state index >= 15 is 0 Å². The fourth-order valence-corrected chi connectivity index (χ4v) is 3.31. The molecule has 0 amide bonds. The highest BCUT2D eigenvalue weighted by atomic mass is 35.5. The standard InChI is InChI=1S/C16H20FN3.2ClH/c17-15-5-4-13(10-14(15)11-18)16(12-2-1-3-12)20-8-6-19-7-9-20;;/h4-5,10,12,16,19H,1-3,6-9H2;2*1H/t16-;;/m1../s1. The van der Waals surface area contributed by atoms with Gasteiger partial charge in [0.05, 0.1) is 5.56 Å². The first-order valence-electron chi connectivity index (χ1n) is 7.44. The number of hydrogen-bond acceptors (Lipinski definition) is 3. The van der Waals surface area contributed by atoms with Crippen molar-refractivity contribution >= 4 is 24.8 Å². The van der Waals surface area contributed by atoms with Crippen LogP contribution >= 0.6 is 24.8 Å². The second-order valence-electron chi connectivity index (χ2n) is 5.77. The van der Waals surface area contributed by atoms with Crippen LogP contribution in [0.1, 0.15) is 36.4 Å². The van der Waals surface area contributed by atoms with E-state index in [1.165, 1.54) is 25.3 Å². The van der Waals surface area contributed by atoms with Crippen molar-refractivity contribution in [2.45, 2.75) is 25.3 Å². The summed E-state index contributed by atoms with van der Waals surface area (Å²) in [5.74, 6) is 0.244. The van der Waals surface area contributed by atoms with E-state index in [-0.39, 0.29) is 30.4 Å². The van der Waals surface area contributed by atoms with Gasteiger partial charge in [-0.1, -0.05) is 12.5 Å². The van der Waals surface area contributed by atoms with Gasteiger partial charge in [0.15, 0.2) is 0 Å². The Morgan fingerprint density at radius 1 is 1.23 bits per heavy atom. The van der Waals surface area contributed by atoms with Crippen LogP contribution in [0.15, 0.2) is 18.2 Å². The molecule has 1 N–H and O–H groups in total. The van der Waals surface area contributed by atoms with E-state index in [2.05, 4.69) is 10.2 Å². The summed E-state index contributed by atoms with van der Waals surface area (Å²) >= 11 is 0. The van der Waals surface area contributed by atoms with Crippen molar-refractivity contribution in [3.63, 3.8) is 0 Å². The molecule has 0 radical (unpaired) electrons. The second kappa shape index (κ2) is 8.69. The van der Waals surface area contributed by atoms with Gasteiger partial charge in [0, 0.05) is 32.2 Å². The molecule has 122 valence electrons. The van der Waals surface area contributed by atoms with Crippen LogP contribution in [0.25, 0.3) is 0 Å². The third-order valence-corrected chi connectivity index (χ3v) is 4.59. The van der Waals surface area contributed by atoms with Crippen LogP contribution in [-0.4, -0.2) is 31.1 Å². The maximum absolute atomic E-state index is 13.5. The molecule has 6 heteroatoms. The van der Waals surface area contributed by atoms with Gasteiger partial charge in [-0.2, -0.15) is 5.26 Å². The highest BCUT2D eigenvalue weighted by Gasteiger charge is 2.33. The first-order valence-corrected chi connectivity index (χ1v) is 7.44. The third-order valence-electron chi connectivity index (χ3n) is 4.59. The van der Waals surface area contributed by atoms with Gasteiger partial charge in [0.2, 0.25) is 0 Å². The maximum atomic E-state index is 13.5. The fraction of sp³-hybridized carbons (Fsp3) is 0.562. The smallest absolute Gasteiger partial charge is 0.140 e. The number of halogens is 3. The lowest BCUT2D eigenvalue weighted by molar-refractivity contribution is 0.0836. The SMILES string of the molecule is Cl.Cl.N#Cc1cc([C@@H](C2CCC2)N2CCNCC2)ccc1F. The monoisotopic (exact) mass is 345 g/mol. The molecule has 3 nitrogen and oxygen atoms in total. The Hall–Kier alpha value is -0.860. The van der Waals surface area contributed by atoms with Gasteiger partial charge in [-0.15, -0.1) is 24.8 Å². The molecule has 0 aromatic heterocycles. The molecular weight excluding hydrogens is 324 g/mol. The van der Waals surface area contributed by atoms with Gasteiger partial charge >= 0.3 is 0 Å². The number of piperazine rings is 1. The average molecular weight is 346 g/mol. The fourth-order valence-electron chi connectivity index (χ4n) is 3.31. The van der Waals surface area contributed by atoms with Gasteiger partial charge in [-0.05, 0) is 36.5 Å². The first-order chi connectivity index (χ1) is 9.79. The van der Waals surface area contributed by atoms with Crippen LogP contribution in [0.2, 0.25) is 0 Å². The zero-order valence-electron chi connectivity index (χ0n) is 12.4. The van der Waals surface area contributed by atoms with Gasteiger partial charge in [0.1, 0.15) is 11.9 Å². The Labute approximate surface area is 143 Å². The molecule has 1 atom stereocenters. The van der Waals surface area contributed by atoms with Crippen molar-refractivity contribution < 1.29 is 4.39 Å². The molecule has 1 heterocycles. The minimum Gasteiger partial charge on any atom is -0.314 e. The Bertz CT molecular complexity index is 523. The third kappa shape index (κ3) is 3.91. The molecule has 0 spiro atoms. The van der Waals surface area contributed by atoms with Gasteiger partial charge < -0.3 is 5.32 Å². The summed E-state index contributed by atoms with van der Waals surface area (Å²) in [5, 5.41) is 12.4. The minimum atomic E-state index is -0.413. The molecule has 1 aliphatic heterocycles. The molecule has 1 saturated carbocycles. The van der Waals surface area contributed by atoms with E-state index in [1.54, 1.807) is 6.07 Å². The summed E-state index contributed by atoms with van der Waals surface area (Å²) in [6.07, 6.45) is 3.78. The van der Waals surface area contributed by atoms with Crippen LogP contribution in [-0.2, 0) is 0 Å². The molecule has 1 aromatic carbocycles. The number of nitrogens with one attached hydrogen (secondary N) is 1. The summed E-state index contributed by atoms with van der Waals surface area (Å²) in [5.41, 5.74) is 1.27. The van der Waals surface area contributed by atoms with Crippen LogP contribution < -0.4 is 5.32 Å². The Morgan fingerprint density at radius 2 is 1.91 bits per heavy atom. The lowest BCUT2D eigenvalue weighted by Crippen LogP contribution is -2.47. The Morgan fingerprint density at radius 3 is 2.45 bits per heavy atom. The van der Waals surface area contributed by atoms with E-state index in [9.17, 15) is 4.39 Å². The molecule has 3 rings (SSSR count). The number of rotatable bonds is 3. The summed E-state index contributed by atoms with van der Waals surface area (Å²) in [6, 6.07) is 7.37. The molecular formula is C16H22Cl2FN3. The highest BCUT2D eigenvalue weighted by molar-refractivity contribution is 5.85. The Kier molecular flexibility index (Phi) is 7.58. The second-order valence-corrected chi connectivity index (χ2v) is 5.77. The first kappa shape index (κ1) is 19.2. The zero-order valence-corrected chi connectivity index (χ0v) is 14.1. The van der Waals surface area contributed by atoms with E-state index in [0.29, 0.717) is 12.0 Å². The van der Waals surface area contributed by atoms with Crippen molar-refractivity contribution in [2.75, 3.05) is 26.2 Å². The van der Waals surface area contributed by atoms with Crippen molar-refractivity contribution in [1.82, 2.24) is 10.2 Å². The lowest BCUT2D eigenvalue weighted by Gasteiger charge is -2.43. The lowest BCUT2D eigenvalue weighted by atomic mass is 9.76. The molecule has 0 bridgehead atoms. The quantitative estimate of drug-likeness (QED) is 0.913. The summed E-state index contributed by atoms with van der Waals surface area (Å²) < 4.78 is 13.5. The predicted molar refractivity (Wildman–Crippen MR) is 90.1 cm³/mol. The van der Waals surface area contributed by atoms with Crippen LogP contribution in [0.5, 0.6) is 0 Å². The average Bonchev–Trinajstić information content (AvgIpc) is 2.44. The summed E-state index contributed by atoms with van der Waals surface area (Å²) in [4.78, 5) is 2.49. The van der Waals surface area contributed by atoms with Crippen LogP contribution in [0, 0.1) is 23.1 Å². The molecule has 1 aliphatic carbocycles. The van der Waals surface area contributed by atoms with Crippen molar-refractivity contribution in [1.29, 1.82) is 5.26 Å². The zero-order chi connectivity index (χ0) is 13.9. The number of nitriles is 1. The molecule has 2 aliphatic rings. The number of benzene rings is 1. The topological polar surface area (TPSA) is 39.1 Å². The van der Waals surface area contributed by atoms with E-state index in [4.69, 9.17) is 5.26 Å². The van der Waals surface area contributed by atoms with E-state index < -0.39 is 5.82 Å². The van der Waals surface area contributed by atoms with Crippen molar-refractivity contribution in [3.8, 4) is 6.07 Å². The molecule has 22 heavy (non-hydrogen) atoms. The Balaban J connectivity index is 0.00000121. The van der Waals surface area contributed by atoms with Crippen LogP contribution in [0.3, 0.4) is 0 Å². The maximum Gasteiger partial charge on any atom is 0.140 e. The van der Waals surface area contributed by atoms with E-state index in [1.807, 2.05) is 12.1 Å². The summed E-state index contributed by atoms with van der Waals surface area (Å²) in [7, 11) is 0. The highest BCUT2D eigenvalue weighted by Crippen LogP contribution is 2.41. The van der Waals surface area contributed by atoms with Gasteiger partial charge in [-0.3, -0.25) is 4.90 Å². The van der Waals surface area contributed by atoms with Gasteiger partial charge in [0.25, 0.3) is 0 Å². The predicted octanol–water partition coefficient (Wildman–Crippen LogP) is 3.29. The molecule has 0 unspecified atom stereocenters. The van der Waals surface area contributed by atoms with Crippen molar-refractivity contribution in [2.24, 2.45) is 5.92 Å². The summed E-state index contributed by atoms with van der Waals surface area (Å²) in [6.45, 7) is 4.08. The van der Waals surface area contributed by atoms with Crippen molar-refractivity contribution in [3.05, 3.63) is 35.1 Å².